The molecule has 0 atom stereocenters. The topological polar surface area (TPSA) is 13.1 Å². The minimum atomic E-state index is 0.987. The Bertz CT molecular complexity index is 392. The Morgan fingerprint density at radius 1 is 1.31 bits per heavy atom. The van der Waals surface area contributed by atoms with Crippen molar-refractivity contribution in [2.45, 2.75) is 18.2 Å². The van der Waals surface area contributed by atoms with Crippen molar-refractivity contribution in [3.63, 3.8) is 0 Å². The standard InChI is InChI=1S/C11H12OS/c1-2-7-13-10-4-3-9-5-6-12-11(9)8-10/h3-6,8H,2,7H2,1H3. The molecule has 68 valence electrons. The number of benzene rings is 1. The third kappa shape index (κ3) is 1.89. The van der Waals surface area contributed by atoms with Crippen molar-refractivity contribution in [2.24, 2.45) is 0 Å². The smallest absolute Gasteiger partial charge is 0.134 e. The van der Waals surface area contributed by atoms with Gasteiger partial charge >= 0.3 is 0 Å². The molecule has 0 aliphatic carbocycles. The maximum absolute atomic E-state index is 5.33. The molecule has 0 spiro atoms. The van der Waals surface area contributed by atoms with Gasteiger partial charge in [-0.2, -0.15) is 0 Å². The van der Waals surface area contributed by atoms with E-state index < -0.39 is 0 Å². The molecule has 0 aliphatic heterocycles. The van der Waals surface area contributed by atoms with E-state index in [2.05, 4.69) is 25.1 Å². The molecule has 0 radical (unpaired) electrons. The van der Waals surface area contributed by atoms with Crippen LogP contribution in [0.1, 0.15) is 13.3 Å². The predicted molar refractivity (Wildman–Crippen MR) is 57.2 cm³/mol. The molecule has 13 heavy (non-hydrogen) atoms. The van der Waals surface area contributed by atoms with E-state index in [-0.39, 0.29) is 0 Å². The molecule has 2 rings (SSSR count). The minimum Gasteiger partial charge on any atom is -0.464 e. The molecule has 2 heteroatoms. The van der Waals surface area contributed by atoms with E-state index in [4.69, 9.17) is 4.42 Å². The van der Waals surface area contributed by atoms with Crippen molar-refractivity contribution in [2.75, 3.05) is 5.75 Å². The van der Waals surface area contributed by atoms with Gasteiger partial charge < -0.3 is 4.42 Å². The molecule has 0 saturated heterocycles. The molecule has 1 aromatic heterocycles. The summed E-state index contributed by atoms with van der Waals surface area (Å²) >= 11 is 1.88. The summed E-state index contributed by atoms with van der Waals surface area (Å²) in [5.74, 6) is 1.17. The molecule has 0 fully saturated rings. The van der Waals surface area contributed by atoms with E-state index in [1.54, 1.807) is 6.26 Å². The summed E-state index contributed by atoms with van der Waals surface area (Å²) in [6.45, 7) is 2.19. The van der Waals surface area contributed by atoms with Gasteiger partial charge in [-0.25, -0.2) is 0 Å². The molecule has 1 nitrogen and oxygen atoms in total. The molecule has 0 unspecified atom stereocenters. The number of furan rings is 1. The summed E-state index contributed by atoms with van der Waals surface area (Å²) < 4.78 is 5.33. The molecule has 1 aromatic carbocycles. The van der Waals surface area contributed by atoms with Gasteiger partial charge in [0.05, 0.1) is 6.26 Å². The zero-order chi connectivity index (χ0) is 9.10. The van der Waals surface area contributed by atoms with Gasteiger partial charge in [0.25, 0.3) is 0 Å². The highest BCUT2D eigenvalue weighted by Gasteiger charge is 1.98. The van der Waals surface area contributed by atoms with Gasteiger partial charge in [-0.15, -0.1) is 11.8 Å². The van der Waals surface area contributed by atoms with Crippen LogP contribution in [0.2, 0.25) is 0 Å². The van der Waals surface area contributed by atoms with Gasteiger partial charge in [-0.05, 0) is 30.4 Å². The number of hydrogen-bond acceptors (Lipinski definition) is 2. The van der Waals surface area contributed by atoms with E-state index in [9.17, 15) is 0 Å². The molecular weight excluding hydrogens is 180 g/mol. The van der Waals surface area contributed by atoms with Crippen LogP contribution >= 0.6 is 11.8 Å². The van der Waals surface area contributed by atoms with Crippen molar-refractivity contribution in [1.82, 2.24) is 0 Å². The van der Waals surface area contributed by atoms with Crippen LogP contribution < -0.4 is 0 Å². The number of fused-ring (bicyclic) bond motifs is 1. The van der Waals surface area contributed by atoms with Gasteiger partial charge in [0.15, 0.2) is 0 Å². The average Bonchev–Trinajstić information content (AvgIpc) is 2.61. The first-order valence-corrected chi connectivity index (χ1v) is 5.49. The number of hydrogen-bond donors (Lipinski definition) is 0. The van der Waals surface area contributed by atoms with E-state index in [1.807, 2.05) is 17.8 Å². The van der Waals surface area contributed by atoms with Crippen LogP contribution in [0.25, 0.3) is 11.0 Å². The Hall–Kier alpha value is -0.890. The fourth-order valence-electron chi connectivity index (χ4n) is 1.24. The monoisotopic (exact) mass is 192 g/mol. The van der Waals surface area contributed by atoms with Crippen LogP contribution in [0.3, 0.4) is 0 Å². The lowest BCUT2D eigenvalue weighted by molar-refractivity contribution is 0.615. The lowest BCUT2D eigenvalue weighted by atomic mass is 10.3. The van der Waals surface area contributed by atoms with Gasteiger partial charge in [0.2, 0.25) is 0 Å². The van der Waals surface area contributed by atoms with Crippen LogP contribution in [-0.2, 0) is 0 Å². The molecule has 0 bridgehead atoms. The molecule has 0 saturated carbocycles. The maximum atomic E-state index is 5.33. The fourth-order valence-corrected chi connectivity index (χ4v) is 2.04. The first-order chi connectivity index (χ1) is 6.40. The van der Waals surface area contributed by atoms with Crippen LogP contribution in [0.5, 0.6) is 0 Å². The molecule has 0 N–H and O–H groups in total. The Balaban J connectivity index is 2.26. The normalized spacial score (nSPS) is 10.8. The van der Waals surface area contributed by atoms with Gasteiger partial charge in [-0.1, -0.05) is 13.0 Å². The third-order valence-corrected chi connectivity index (χ3v) is 3.10. The quantitative estimate of drug-likeness (QED) is 0.683. The molecule has 0 amide bonds. The zero-order valence-corrected chi connectivity index (χ0v) is 8.43. The highest BCUT2D eigenvalue weighted by atomic mass is 32.2. The molecule has 2 aromatic rings. The summed E-state index contributed by atoms with van der Waals surface area (Å²) in [5.41, 5.74) is 0.987. The first kappa shape index (κ1) is 8.70. The lowest BCUT2D eigenvalue weighted by Gasteiger charge is -1.98. The van der Waals surface area contributed by atoms with Crippen molar-refractivity contribution in [3.05, 3.63) is 30.5 Å². The van der Waals surface area contributed by atoms with Crippen LogP contribution in [0.4, 0.5) is 0 Å². The number of thioether (sulfide) groups is 1. The minimum absolute atomic E-state index is 0.987. The Labute approximate surface area is 82.1 Å². The van der Waals surface area contributed by atoms with Crippen molar-refractivity contribution in [3.8, 4) is 0 Å². The second-order valence-electron chi connectivity index (χ2n) is 2.97. The van der Waals surface area contributed by atoms with E-state index in [0.29, 0.717) is 0 Å². The summed E-state index contributed by atoms with van der Waals surface area (Å²) in [5, 5.41) is 1.18. The predicted octanol–water partition coefficient (Wildman–Crippen LogP) is 3.93. The fraction of sp³-hybridized carbons (Fsp3) is 0.273. The summed E-state index contributed by atoms with van der Waals surface area (Å²) in [6, 6.07) is 8.36. The highest BCUT2D eigenvalue weighted by molar-refractivity contribution is 7.99. The average molecular weight is 192 g/mol. The summed E-state index contributed by atoms with van der Waals surface area (Å²) in [6.07, 6.45) is 2.94. The molecule has 1 heterocycles. The van der Waals surface area contributed by atoms with Crippen molar-refractivity contribution < 1.29 is 4.42 Å². The Morgan fingerprint density at radius 2 is 2.23 bits per heavy atom. The van der Waals surface area contributed by atoms with Crippen LogP contribution in [-0.4, -0.2) is 5.75 Å². The van der Waals surface area contributed by atoms with E-state index in [0.717, 1.165) is 5.58 Å². The SMILES string of the molecule is CCCSc1ccc2ccoc2c1. The Morgan fingerprint density at radius 3 is 3.08 bits per heavy atom. The van der Waals surface area contributed by atoms with Gasteiger partial charge in [0, 0.05) is 10.3 Å². The summed E-state index contributed by atoms with van der Waals surface area (Å²) in [4.78, 5) is 1.30. The maximum Gasteiger partial charge on any atom is 0.134 e. The van der Waals surface area contributed by atoms with E-state index >= 15 is 0 Å². The second kappa shape index (κ2) is 3.88. The van der Waals surface area contributed by atoms with Crippen molar-refractivity contribution in [1.29, 1.82) is 0 Å². The number of rotatable bonds is 3. The Kier molecular flexibility index (Phi) is 2.60. The zero-order valence-electron chi connectivity index (χ0n) is 7.62. The third-order valence-electron chi connectivity index (χ3n) is 1.90. The largest absolute Gasteiger partial charge is 0.464 e. The summed E-state index contributed by atoms with van der Waals surface area (Å²) in [7, 11) is 0. The first-order valence-electron chi connectivity index (χ1n) is 4.50. The van der Waals surface area contributed by atoms with Crippen molar-refractivity contribution >= 4 is 22.7 Å². The van der Waals surface area contributed by atoms with Crippen LogP contribution in [0.15, 0.2) is 39.8 Å². The van der Waals surface area contributed by atoms with E-state index in [1.165, 1.54) is 22.5 Å². The molecular formula is C11H12OS. The highest BCUT2D eigenvalue weighted by Crippen LogP contribution is 2.24. The second-order valence-corrected chi connectivity index (χ2v) is 4.14. The molecule has 0 aliphatic rings. The van der Waals surface area contributed by atoms with Crippen LogP contribution in [0, 0.1) is 0 Å². The lowest BCUT2D eigenvalue weighted by Crippen LogP contribution is -1.75. The van der Waals surface area contributed by atoms with Gasteiger partial charge in [-0.3, -0.25) is 0 Å². The van der Waals surface area contributed by atoms with Gasteiger partial charge in [0.1, 0.15) is 5.58 Å².